The van der Waals surface area contributed by atoms with Gasteiger partial charge in [0, 0.05) is 19.4 Å². The molecule has 0 aliphatic heterocycles. The number of ketones is 1. The van der Waals surface area contributed by atoms with Gasteiger partial charge in [-0.25, -0.2) is 0 Å². The first-order valence-corrected chi connectivity index (χ1v) is 5.69. The SMILES string of the molecule is CCCCOC1CCC(=O)CC1(C)C. The first-order chi connectivity index (χ1) is 6.56. The summed E-state index contributed by atoms with van der Waals surface area (Å²) in [5, 5.41) is 0. The zero-order valence-electron chi connectivity index (χ0n) is 9.64. The lowest BCUT2D eigenvalue weighted by Crippen LogP contribution is -2.38. The van der Waals surface area contributed by atoms with E-state index < -0.39 is 0 Å². The molecule has 0 heterocycles. The quantitative estimate of drug-likeness (QED) is 0.649. The van der Waals surface area contributed by atoms with Crippen molar-refractivity contribution in [1.82, 2.24) is 0 Å². The number of rotatable bonds is 4. The Labute approximate surface area is 87.0 Å². The molecule has 0 amide bonds. The molecule has 0 radical (unpaired) electrons. The van der Waals surface area contributed by atoms with Crippen LogP contribution in [-0.2, 0) is 9.53 Å². The van der Waals surface area contributed by atoms with Crippen molar-refractivity contribution < 1.29 is 9.53 Å². The van der Waals surface area contributed by atoms with Crippen LogP contribution >= 0.6 is 0 Å². The third-order valence-corrected chi connectivity index (χ3v) is 3.03. The monoisotopic (exact) mass is 198 g/mol. The Morgan fingerprint density at radius 1 is 1.50 bits per heavy atom. The van der Waals surface area contributed by atoms with Crippen LogP contribution in [-0.4, -0.2) is 18.5 Å². The van der Waals surface area contributed by atoms with Gasteiger partial charge in [-0.15, -0.1) is 0 Å². The largest absolute Gasteiger partial charge is 0.378 e. The summed E-state index contributed by atoms with van der Waals surface area (Å²) in [6.45, 7) is 7.29. The van der Waals surface area contributed by atoms with Crippen molar-refractivity contribution in [3.63, 3.8) is 0 Å². The summed E-state index contributed by atoms with van der Waals surface area (Å²) in [5.74, 6) is 0.394. The molecule has 1 atom stereocenters. The summed E-state index contributed by atoms with van der Waals surface area (Å²) >= 11 is 0. The number of hydrogen-bond acceptors (Lipinski definition) is 2. The van der Waals surface area contributed by atoms with E-state index in [-0.39, 0.29) is 11.5 Å². The van der Waals surface area contributed by atoms with Crippen molar-refractivity contribution >= 4 is 5.78 Å². The van der Waals surface area contributed by atoms with Gasteiger partial charge < -0.3 is 4.74 Å². The van der Waals surface area contributed by atoms with Crippen LogP contribution in [0.15, 0.2) is 0 Å². The zero-order valence-corrected chi connectivity index (χ0v) is 9.64. The average Bonchev–Trinajstić information content (AvgIpc) is 2.08. The smallest absolute Gasteiger partial charge is 0.133 e. The van der Waals surface area contributed by atoms with Gasteiger partial charge in [-0.1, -0.05) is 27.2 Å². The molecular formula is C12H22O2. The molecule has 1 saturated carbocycles. The van der Waals surface area contributed by atoms with Crippen LogP contribution in [0.4, 0.5) is 0 Å². The minimum Gasteiger partial charge on any atom is -0.378 e. The second kappa shape index (κ2) is 4.92. The Bertz CT molecular complexity index is 196. The van der Waals surface area contributed by atoms with Crippen LogP contribution < -0.4 is 0 Å². The highest BCUT2D eigenvalue weighted by atomic mass is 16.5. The second-order valence-corrected chi connectivity index (χ2v) is 4.96. The molecule has 0 N–H and O–H groups in total. The standard InChI is InChI=1S/C12H22O2/c1-4-5-8-14-11-7-6-10(13)9-12(11,2)3/h11H,4-9H2,1-3H3. The van der Waals surface area contributed by atoms with E-state index in [0.29, 0.717) is 18.6 Å². The second-order valence-electron chi connectivity index (χ2n) is 4.96. The Hall–Kier alpha value is -0.370. The molecule has 1 aliphatic rings. The summed E-state index contributed by atoms with van der Waals surface area (Å²) in [6.07, 6.45) is 4.89. The molecule has 0 saturated heterocycles. The normalized spacial score (nSPS) is 26.5. The maximum absolute atomic E-state index is 11.3. The molecule has 0 aromatic heterocycles. The predicted molar refractivity (Wildman–Crippen MR) is 57.3 cm³/mol. The summed E-state index contributed by atoms with van der Waals surface area (Å²) in [4.78, 5) is 11.3. The molecule has 2 nitrogen and oxygen atoms in total. The maximum atomic E-state index is 11.3. The van der Waals surface area contributed by atoms with E-state index in [1.807, 2.05) is 0 Å². The summed E-state index contributed by atoms with van der Waals surface area (Å²) in [6, 6.07) is 0. The van der Waals surface area contributed by atoms with E-state index in [1.165, 1.54) is 6.42 Å². The van der Waals surface area contributed by atoms with Crippen LogP contribution in [0.3, 0.4) is 0 Å². The van der Waals surface area contributed by atoms with Gasteiger partial charge in [0.2, 0.25) is 0 Å². The van der Waals surface area contributed by atoms with Gasteiger partial charge in [0.25, 0.3) is 0 Å². The molecular weight excluding hydrogens is 176 g/mol. The van der Waals surface area contributed by atoms with E-state index in [9.17, 15) is 4.79 Å². The maximum Gasteiger partial charge on any atom is 0.133 e. The number of carbonyl (C=O) groups excluding carboxylic acids is 1. The highest BCUT2D eigenvalue weighted by Gasteiger charge is 2.36. The van der Waals surface area contributed by atoms with Gasteiger partial charge in [0.05, 0.1) is 6.10 Å². The minimum absolute atomic E-state index is 0.0447. The molecule has 1 fully saturated rings. The molecule has 1 unspecified atom stereocenters. The fourth-order valence-electron chi connectivity index (χ4n) is 2.07. The van der Waals surface area contributed by atoms with E-state index in [0.717, 1.165) is 19.4 Å². The molecule has 0 bridgehead atoms. The van der Waals surface area contributed by atoms with Gasteiger partial charge in [-0.2, -0.15) is 0 Å². The van der Waals surface area contributed by atoms with Crippen molar-refractivity contribution in [2.75, 3.05) is 6.61 Å². The molecule has 0 spiro atoms. The molecule has 1 aliphatic carbocycles. The third kappa shape index (κ3) is 3.09. The molecule has 82 valence electrons. The van der Waals surface area contributed by atoms with E-state index in [2.05, 4.69) is 20.8 Å². The highest BCUT2D eigenvalue weighted by molar-refractivity contribution is 5.80. The van der Waals surface area contributed by atoms with Gasteiger partial charge in [-0.3, -0.25) is 4.79 Å². The lowest BCUT2D eigenvalue weighted by Gasteiger charge is -2.37. The molecule has 0 aromatic carbocycles. The fourth-order valence-corrected chi connectivity index (χ4v) is 2.07. The molecule has 2 heteroatoms. The fraction of sp³-hybridized carbons (Fsp3) is 0.917. The lowest BCUT2D eigenvalue weighted by atomic mass is 9.74. The van der Waals surface area contributed by atoms with Crippen LogP contribution in [0.5, 0.6) is 0 Å². The minimum atomic E-state index is 0.0447. The van der Waals surface area contributed by atoms with E-state index in [4.69, 9.17) is 4.74 Å². The summed E-state index contributed by atoms with van der Waals surface area (Å²) in [7, 11) is 0. The van der Waals surface area contributed by atoms with Crippen LogP contribution in [0.1, 0.15) is 52.9 Å². The first kappa shape index (κ1) is 11.7. The summed E-state index contributed by atoms with van der Waals surface area (Å²) in [5.41, 5.74) is 0.0447. The number of hydrogen-bond donors (Lipinski definition) is 0. The molecule has 1 rings (SSSR count). The van der Waals surface area contributed by atoms with Gasteiger partial charge in [0.15, 0.2) is 0 Å². The number of unbranched alkanes of at least 4 members (excludes halogenated alkanes) is 1. The zero-order chi connectivity index (χ0) is 10.6. The van der Waals surface area contributed by atoms with Crippen molar-refractivity contribution in [3.8, 4) is 0 Å². The Morgan fingerprint density at radius 3 is 2.79 bits per heavy atom. The average molecular weight is 198 g/mol. The first-order valence-electron chi connectivity index (χ1n) is 5.69. The van der Waals surface area contributed by atoms with Crippen molar-refractivity contribution in [2.45, 2.75) is 59.0 Å². The van der Waals surface area contributed by atoms with Crippen LogP contribution in [0.2, 0.25) is 0 Å². The van der Waals surface area contributed by atoms with Gasteiger partial charge >= 0.3 is 0 Å². The summed E-state index contributed by atoms with van der Waals surface area (Å²) < 4.78 is 5.83. The van der Waals surface area contributed by atoms with Crippen LogP contribution in [0.25, 0.3) is 0 Å². The predicted octanol–water partition coefficient (Wildman–Crippen LogP) is 2.95. The molecule has 0 aromatic rings. The van der Waals surface area contributed by atoms with Crippen molar-refractivity contribution in [3.05, 3.63) is 0 Å². The lowest BCUT2D eigenvalue weighted by molar-refractivity contribution is -0.131. The Balaban J connectivity index is 2.39. The number of Topliss-reactive ketones (excluding diaryl/α,β-unsaturated/α-hetero) is 1. The third-order valence-electron chi connectivity index (χ3n) is 3.03. The van der Waals surface area contributed by atoms with E-state index in [1.54, 1.807) is 0 Å². The molecule has 14 heavy (non-hydrogen) atoms. The highest BCUT2D eigenvalue weighted by Crippen LogP contribution is 2.35. The Morgan fingerprint density at radius 2 is 2.21 bits per heavy atom. The van der Waals surface area contributed by atoms with E-state index >= 15 is 0 Å². The van der Waals surface area contributed by atoms with Crippen LogP contribution in [0, 0.1) is 5.41 Å². The van der Waals surface area contributed by atoms with Gasteiger partial charge in [0.1, 0.15) is 5.78 Å². The van der Waals surface area contributed by atoms with Gasteiger partial charge in [-0.05, 0) is 18.3 Å². The Kier molecular flexibility index (Phi) is 4.11. The number of ether oxygens (including phenoxy) is 1. The topological polar surface area (TPSA) is 26.3 Å². The number of carbonyl (C=O) groups is 1. The van der Waals surface area contributed by atoms with Crippen molar-refractivity contribution in [2.24, 2.45) is 5.41 Å². The van der Waals surface area contributed by atoms with Crippen molar-refractivity contribution in [1.29, 1.82) is 0 Å².